The minimum atomic E-state index is -0.432. The highest BCUT2D eigenvalue weighted by atomic mass is 79.9. The highest BCUT2D eigenvalue weighted by molar-refractivity contribution is 9.10. The number of benzene rings is 8. The third kappa shape index (κ3) is 4.94. The summed E-state index contributed by atoms with van der Waals surface area (Å²) in [5.74, 6) is 0.820. The van der Waals surface area contributed by atoms with E-state index >= 15 is 0 Å². The van der Waals surface area contributed by atoms with E-state index < -0.39 is 5.41 Å². The first-order valence-corrected chi connectivity index (χ1v) is 19.0. The Hall–Kier alpha value is -6.36. The molecule has 54 heavy (non-hydrogen) atoms. The molecule has 8 aromatic carbocycles. The van der Waals surface area contributed by atoms with Gasteiger partial charge in [-0.2, -0.15) is 0 Å². The van der Waals surface area contributed by atoms with Crippen LogP contribution >= 0.6 is 15.9 Å². The molecule has 2 aliphatic rings. The number of anilines is 6. The van der Waals surface area contributed by atoms with Gasteiger partial charge in [0.15, 0.2) is 0 Å². The maximum absolute atomic E-state index is 5.52. The second-order valence-corrected chi connectivity index (χ2v) is 14.7. The van der Waals surface area contributed by atoms with E-state index in [9.17, 15) is 0 Å². The molecule has 0 atom stereocenters. The van der Waals surface area contributed by atoms with Crippen LogP contribution in [-0.4, -0.2) is 7.11 Å². The standard InChI is InChI=1S/C50H35BrN2O/c1-54-41-27-24-37(25-28-41)52(35-14-4-2-5-15-35)39-30-34(51)31-40(32-39)53(36-16-6-3-7-17-36)38-26-29-45-44-20-10-13-23-48(44)50(49(45)33-38)46-21-11-8-18-42(46)43-19-9-12-22-47(43)50/h2-33H,1H3. The third-order valence-electron chi connectivity index (χ3n) is 11.0. The van der Waals surface area contributed by atoms with E-state index in [1.54, 1.807) is 7.11 Å². The number of methoxy groups -OCH3 is 1. The fourth-order valence-corrected chi connectivity index (χ4v) is 9.29. The zero-order chi connectivity index (χ0) is 36.2. The van der Waals surface area contributed by atoms with E-state index in [1.165, 1.54) is 44.5 Å². The minimum Gasteiger partial charge on any atom is -0.497 e. The number of hydrogen-bond acceptors (Lipinski definition) is 3. The van der Waals surface area contributed by atoms with Crippen molar-refractivity contribution in [2.24, 2.45) is 0 Å². The Morgan fingerprint density at radius 2 is 0.778 bits per heavy atom. The first-order valence-electron chi connectivity index (χ1n) is 18.2. The quantitative estimate of drug-likeness (QED) is 0.161. The van der Waals surface area contributed by atoms with E-state index in [1.807, 2.05) is 12.1 Å². The third-order valence-corrected chi connectivity index (χ3v) is 11.4. The summed E-state index contributed by atoms with van der Waals surface area (Å²) in [5.41, 5.74) is 16.4. The molecule has 258 valence electrons. The van der Waals surface area contributed by atoms with Crippen LogP contribution in [0.15, 0.2) is 199 Å². The van der Waals surface area contributed by atoms with Crippen LogP contribution in [0.3, 0.4) is 0 Å². The van der Waals surface area contributed by atoms with Crippen LogP contribution in [0, 0.1) is 0 Å². The molecular formula is C50H35BrN2O. The van der Waals surface area contributed by atoms with Crippen LogP contribution in [-0.2, 0) is 5.41 Å². The number of para-hydroxylation sites is 2. The molecule has 0 amide bonds. The lowest BCUT2D eigenvalue weighted by atomic mass is 9.70. The Labute approximate surface area is 324 Å². The normalized spacial score (nSPS) is 12.8. The molecule has 0 saturated carbocycles. The molecule has 10 rings (SSSR count). The van der Waals surface area contributed by atoms with E-state index in [2.05, 4.69) is 208 Å². The molecule has 1 spiro atoms. The maximum Gasteiger partial charge on any atom is 0.119 e. The van der Waals surface area contributed by atoms with E-state index in [-0.39, 0.29) is 0 Å². The van der Waals surface area contributed by atoms with Crippen molar-refractivity contribution in [3.63, 3.8) is 0 Å². The Balaban J connectivity index is 1.20. The molecule has 4 heteroatoms. The van der Waals surface area contributed by atoms with Crippen LogP contribution in [0.1, 0.15) is 22.3 Å². The molecular weight excluding hydrogens is 724 g/mol. The van der Waals surface area contributed by atoms with Gasteiger partial charge in [0, 0.05) is 38.6 Å². The number of ether oxygens (including phenoxy) is 1. The van der Waals surface area contributed by atoms with Gasteiger partial charge >= 0.3 is 0 Å². The molecule has 0 N–H and O–H groups in total. The van der Waals surface area contributed by atoms with Crippen LogP contribution in [0.5, 0.6) is 5.75 Å². The molecule has 0 saturated heterocycles. The molecule has 0 heterocycles. The van der Waals surface area contributed by atoms with Crippen LogP contribution in [0.4, 0.5) is 34.1 Å². The van der Waals surface area contributed by atoms with E-state index in [4.69, 9.17) is 4.74 Å². The lowest BCUT2D eigenvalue weighted by molar-refractivity contribution is 0.415. The van der Waals surface area contributed by atoms with Gasteiger partial charge in [0.05, 0.1) is 12.5 Å². The summed E-state index contributed by atoms with van der Waals surface area (Å²) in [6.07, 6.45) is 0. The van der Waals surface area contributed by atoms with Gasteiger partial charge in [-0.3, -0.25) is 0 Å². The Morgan fingerprint density at radius 1 is 0.370 bits per heavy atom. The molecule has 0 aliphatic heterocycles. The van der Waals surface area contributed by atoms with Crippen molar-refractivity contribution in [2.45, 2.75) is 5.41 Å². The monoisotopic (exact) mass is 758 g/mol. The Kier molecular flexibility index (Phi) is 7.74. The van der Waals surface area contributed by atoms with Crippen molar-refractivity contribution in [2.75, 3.05) is 16.9 Å². The number of hydrogen-bond donors (Lipinski definition) is 0. The first-order chi connectivity index (χ1) is 26.6. The highest BCUT2D eigenvalue weighted by Crippen LogP contribution is 2.63. The Bertz CT molecular complexity index is 2610. The molecule has 8 aromatic rings. The lowest BCUT2D eigenvalue weighted by Crippen LogP contribution is -2.26. The van der Waals surface area contributed by atoms with Crippen molar-refractivity contribution in [3.8, 4) is 28.0 Å². The smallest absolute Gasteiger partial charge is 0.119 e. The second-order valence-electron chi connectivity index (χ2n) is 13.8. The maximum atomic E-state index is 5.52. The molecule has 3 nitrogen and oxygen atoms in total. The predicted molar refractivity (Wildman–Crippen MR) is 226 cm³/mol. The van der Waals surface area contributed by atoms with Gasteiger partial charge in [0.2, 0.25) is 0 Å². The van der Waals surface area contributed by atoms with E-state index in [0.29, 0.717) is 0 Å². The van der Waals surface area contributed by atoms with Crippen LogP contribution < -0.4 is 14.5 Å². The summed E-state index contributed by atoms with van der Waals surface area (Å²) >= 11 is 3.94. The van der Waals surface area contributed by atoms with Crippen LogP contribution in [0.2, 0.25) is 0 Å². The fourth-order valence-electron chi connectivity index (χ4n) is 8.82. The molecule has 0 bridgehead atoms. The number of nitrogens with zero attached hydrogens (tertiary/aromatic N) is 2. The molecule has 0 aromatic heterocycles. The second kappa shape index (κ2) is 12.9. The SMILES string of the molecule is COc1ccc(N(c2ccccc2)c2cc(Br)cc(N(c3ccccc3)c3ccc4c(c3)C3(c5ccccc5-c5ccccc53)c3ccccc3-4)c2)cc1. The largest absolute Gasteiger partial charge is 0.497 e. The van der Waals surface area contributed by atoms with Gasteiger partial charge in [0.1, 0.15) is 5.75 Å². The summed E-state index contributed by atoms with van der Waals surface area (Å²) in [4.78, 5) is 4.67. The van der Waals surface area contributed by atoms with Crippen molar-refractivity contribution in [1.29, 1.82) is 0 Å². The number of rotatable bonds is 7. The summed E-state index contributed by atoms with van der Waals surface area (Å²) < 4.78 is 6.50. The van der Waals surface area contributed by atoms with Gasteiger partial charge in [-0.15, -0.1) is 0 Å². The van der Waals surface area contributed by atoms with Gasteiger partial charge in [-0.25, -0.2) is 0 Å². The zero-order valence-electron chi connectivity index (χ0n) is 29.7. The molecule has 0 radical (unpaired) electrons. The van der Waals surface area contributed by atoms with Gasteiger partial charge in [-0.1, -0.05) is 131 Å². The Morgan fingerprint density at radius 3 is 1.28 bits per heavy atom. The van der Waals surface area contributed by atoms with Crippen molar-refractivity contribution >= 4 is 50.1 Å². The topological polar surface area (TPSA) is 15.7 Å². The van der Waals surface area contributed by atoms with E-state index in [0.717, 1.165) is 44.3 Å². The average molecular weight is 760 g/mol. The summed E-state index contributed by atoms with van der Waals surface area (Å²) in [6.45, 7) is 0. The van der Waals surface area contributed by atoms with Crippen molar-refractivity contribution in [1.82, 2.24) is 0 Å². The van der Waals surface area contributed by atoms with Gasteiger partial charge < -0.3 is 14.5 Å². The van der Waals surface area contributed by atoms with Crippen LogP contribution in [0.25, 0.3) is 22.3 Å². The average Bonchev–Trinajstić information content (AvgIpc) is 3.69. The fraction of sp³-hybridized carbons (Fsp3) is 0.0400. The lowest BCUT2D eigenvalue weighted by Gasteiger charge is -2.33. The van der Waals surface area contributed by atoms with Gasteiger partial charge in [0.25, 0.3) is 0 Å². The summed E-state index contributed by atoms with van der Waals surface area (Å²) in [7, 11) is 1.70. The number of halogens is 1. The highest BCUT2D eigenvalue weighted by Gasteiger charge is 2.51. The summed E-state index contributed by atoms with van der Waals surface area (Å²) in [5, 5.41) is 0. The molecule has 2 aliphatic carbocycles. The van der Waals surface area contributed by atoms with Crippen molar-refractivity contribution in [3.05, 3.63) is 221 Å². The predicted octanol–water partition coefficient (Wildman–Crippen LogP) is 13.7. The summed E-state index contributed by atoms with van der Waals surface area (Å²) in [6, 6.07) is 70.1. The van der Waals surface area contributed by atoms with Gasteiger partial charge in [-0.05, 0) is 123 Å². The zero-order valence-corrected chi connectivity index (χ0v) is 31.2. The van der Waals surface area contributed by atoms with Crippen molar-refractivity contribution < 1.29 is 4.74 Å². The number of fused-ring (bicyclic) bond motifs is 10. The first kappa shape index (κ1) is 32.3. The molecule has 0 fully saturated rings. The minimum absolute atomic E-state index is 0.432. The molecule has 0 unspecified atom stereocenters.